The molecule has 2 aliphatic rings. The van der Waals surface area contributed by atoms with Crippen LogP contribution in [0.25, 0.3) is 16.1 Å². The van der Waals surface area contributed by atoms with Gasteiger partial charge in [-0.05, 0) is 55.4 Å². The Balaban J connectivity index is 1.43. The van der Waals surface area contributed by atoms with Crippen LogP contribution in [0.15, 0.2) is 42.5 Å². The Kier molecular flexibility index (Phi) is 4.56. The first-order valence-corrected chi connectivity index (χ1v) is 10.6. The van der Waals surface area contributed by atoms with Crippen molar-refractivity contribution >= 4 is 22.0 Å². The summed E-state index contributed by atoms with van der Waals surface area (Å²) in [5, 5.41) is 9.44. The Morgan fingerprint density at radius 1 is 1.04 bits per heavy atom. The average Bonchev–Trinajstić information content (AvgIpc) is 3.35. The van der Waals surface area contributed by atoms with Gasteiger partial charge >= 0.3 is 0 Å². The first-order chi connectivity index (χ1) is 13.8. The van der Waals surface area contributed by atoms with Gasteiger partial charge in [0.05, 0.1) is 5.69 Å². The zero-order valence-corrected chi connectivity index (χ0v) is 16.4. The van der Waals surface area contributed by atoms with Crippen LogP contribution in [0.2, 0.25) is 0 Å². The fourth-order valence-electron chi connectivity index (χ4n) is 4.04. The maximum atomic E-state index is 6.17. The maximum absolute atomic E-state index is 6.17. The van der Waals surface area contributed by atoms with E-state index in [0.29, 0.717) is 11.2 Å². The molecule has 2 aromatic heterocycles. The summed E-state index contributed by atoms with van der Waals surface area (Å²) in [5.41, 5.74) is 11.4. The van der Waals surface area contributed by atoms with Gasteiger partial charge in [0.15, 0.2) is 0 Å². The first-order valence-electron chi connectivity index (χ1n) is 9.83. The quantitative estimate of drug-likeness (QED) is 0.687. The predicted octanol–water partition coefficient (Wildman–Crippen LogP) is 4.88. The Morgan fingerprint density at radius 2 is 1.93 bits per heavy atom. The van der Waals surface area contributed by atoms with Gasteiger partial charge in [0.25, 0.3) is 0 Å². The Bertz CT molecular complexity index is 1040. The number of allylic oxidation sites excluding steroid dienone is 1. The number of fused-ring (bicyclic) bond motifs is 1. The van der Waals surface area contributed by atoms with Crippen molar-refractivity contribution < 1.29 is 4.74 Å². The van der Waals surface area contributed by atoms with Gasteiger partial charge in [-0.15, -0.1) is 10.2 Å². The van der Waals surface area contributed by atoms with Crippen molar-refractivity contribution in [1.82, 2.24) is 15.2 Å². The molecule has 28 heavy (non-hydrogen) atoms. The summed E-state index contributed by atoms with van der Waals surface area (Å²) < 4.78 is 6.17. The Morgan fingerprint density at radius 3 is 2.75 bits per heavy atom. The first kappa shape index (κ1) is 17.4. The lowest BCUT2D eigenvalue weighted by Gasteiger charge is -2.22. The van der Waals surface area contributed by atoms with E-state index >= 15 is 0 Å². The fraction of sp³-hybridized carbons (Fsp3) is 0.318. The largest absolute Gasteiger partial charge is 0.474 e. The molecule has 0 spiro atoms. The highest BCUT2D eigenvalue weighted by Gasteiger charge is 2.20. The summed E-state index contributed by atoms with van der Waals surface area (Å²) >= 11 is 1.41. The molecule has 142 valence electrons. The van der Waals surface area contributed by atoms with Gasteiger partial charge in [-0.1, -0.05) is 42.0 Å². The second kappa shape index (κ2) is 7.36. The second-order valence-corrected chi connectivity index (χ2v) is 8.39. The molecule has 0 saturated heterocycles. The number of anilines is 1. The topological polar surface area (TPSA) is 73.9 Å². The molecule has 2 N–H and O–H groups in total. The van der Waals surface area contributed by atoms with Gasteiger partial charge in [0.2, 0.25) is 11.0 Å². The average molecular weight is 391 g/mol. The molecule has 0 atom stereocenters. The van der Waals surface area contributed by atoms with Crippen LogP contribution in [0.3, 0.4) is 0 Å². The van der Waals surface area contributed by atoms with Crippen molar-refractivity contribution in [1.29, 1.82) is 0 Å². The van der Waals surface area contributed by atoms with Crippen molar-refractivity contribution in [3.05, 3.63) is 59.3 Å². The number of aromatic nitrogens is 3. The maximum Gasteiger partial charge on any atom is 0.214 e. The molecule has 0 radical (unpaired) electrons. The van der Waals surface area contributed by atoms with Gasteiger partial charge in [-0.25, -0.2) is 4.98 Å². The highest BCUT2D eigenvalue weighted by molar-refractivity contribution is 7.18. The highest BCUT2D eigenvalue weighted by atomic mass is 32.1. The number of ether oxygens (including phenoxy) is 1. The fourth-order valence-corrected chi connectivity index (χ4v) is 4.64. The minimum absolute atomic E-state index is 0.302. The van der Waals surface area contributed by atoms with Crippen LogP contribution in [0.5, 0.6) is 5.88 Å². The van der Waals surface area contributed by atoms with Crippen LogP contribution in [0.4, 0.5) is 5.13 Å². The van der Waals surface area contributed by atoms with E-state index in [4.69, 9.17) is 15.5 Å². The van der Waals surface area contributed by atoms with E-state index in [0.717, 1.165) is 47.0 Å². The summed E-state index contributed by atoms with van der Waals surface area (Å²) in [6.07, 6.45) is 9.55. The number of rotatable bonds is 4. The van der Waals surface area contributed by atoms with Gasteiger partial charge in [-0.3, -0.25) is 0 Å². The summed E-state index contributed by atoms with van der Waals surface area (Å²) in [6.45, 7) is 0. The third-order valence-corrected chi connectivity index (χ3v) is 6.25. The summed E-state index contributed by atoms with van der Waals surface area (Å²) in [5.74, 6) is 0.729. The van der Waals surface area contributed by atoms with Crippen LogP contribution in [0, 0.1) is 0 Å². The summed E-state index contributed by atoms with van der Waals surface area (Å²) in [4.78, 5) is 4.82. The lowest BCUT2D eigenvalue weighted by atomic mass is 9.98. The van der Waals surface area contributed by atoms with Crippen LogP contribution in [0.1, 0.15) is 48.9 Å². The normalized spacial score (nSPS) is 16.6. The molecule has 2 heterocycles. The Labute approximate surface area is 168 Å². The van der Waals surface area contributed by atoms with Gasteiger partial charge in [-0.2, -0.15) is 0 Å². The second-order valence-electron chi connectivity index (χ2n) is 7.38. The summed E-state index contributed by atoms with van der Waals surface area (Å²) in [7, 11) is 0. The molecule has 0 bridgehead atoms. The highest BCUT2D eigenvalue weighted by Crippen LogP contribution is 2.36. The lowest BCUT2D eigenvalue weighted by molar-refractivity contribution is 0.148. The molecule has 0 amide bonds. The smallest absolute Gasteiger partial charge is 0.214 e. The van der Waals surface area contributed by atoms with E-state index < -0.39 is 0 Å². The van der Waals surface area contributed by atoms with E-state index in [9.17, 15) is 0 Å². The number of hydrogen-bond donors (Lipinski definition) is 1. The molecule has 1 aromatic carbocycles. The molecular weight excluding hydrogens is 368 g/mol. The van der Waals surface area contributed by atoms with E-state index in [-0.39, 0.29) is 0 Å². The van der Waals surface area contributed by atoms with E-state index in [1.54, 1.807) is 0 Å². The molecule has 5 nitrogen and oxygen atoms in total. The molecule has 3 aromatic rings. The monoisotopic (exact) mass is 390 g/mol. The van der Waals surface area contributed by atoms with Crippen molar-refractivity contribution in [2.75, 3.05) is 5.73 Å². The molecule has 6 heteroatoms. The van der Waals surface area contributed by atoms with E-state index in [1.165, 1.54) is 41.7 Å². The third-order valence-electron chi connectivity index (χ3n) is 5.45. The van der Waals surface area contributed by atoms with Crippen molar-refractivity contribution in [3.8, 4) is 16.5 Å². The van der Waals surface area contributed by atoms with Crippen molar-refractivity contribution in [3.63, 3.8) is 0 Å². The van der Waals surface area contributed by atoms with Gasteiger partial charge in [0.1, 0.15) is 11.1 Å². The number of hydrogen-bond acceptors (Lipinski definition) is 6. The van der Waals surface area contributed by atoms with E-state index in [1.807, 2.05) is 12.1 Å². The molecule has 5 rings (SSSR count). The standard InChI is InChI=1S/C22H22N4OS/c23-22-26-25-21(28-22)15-10-9-14-11-12-17(18(14)13-15)19-7-4-8-20(24-19)27-16-5-2-1-3-6-16/h4,7-10,12-13,16H,1-3,5-6,11H2,(H2,23,26). The SMILES string of the molecule is Nc1nnc(-c2ccc3c(c2)C(c2cccc(OC4CCCCC4)n2)=CC3)s1. The Hall–Kier alpha value is -2.73. The lowest BCUT2D eigenvalue weighted by Crippen LogP contribution is -2.20. The van der Waals surface area contributed by atoms with Crippen LogP contribution >= 0.6 is 11.3 Å². The van der Waals surface area contributed by atoms with Crippen molar-refractivity contribution in [2.24, 2.45) is 0 Å². The number of benzene rings is 1. The van der Waals surface area contributed by atoms with Gasteiger partial charge < -0.3 is 10.5 Å². The number of pyridine rings is 1. The van der Waals surface area contributed by atoms with Crippen LogP contribution < -0.4 is 10.5 Å². The zero-order valence-electron chi connectivity index (χ0n) is 15.6. The molecular formula is C22H22N4OS. The van der Waals surface area contributed by atoms with E-state index in [2.05, 4.69) is 40.5 Å². The molecule has 0 aliphatic heterocycles. The minimum atomic E-state index is 0.302. The van der Waals surface area contributed by atoms with Crippen molar-refractivity contribution in [2.45, 2.75) is 44.6 Å². The number of nitrogens with two attached hydrogens (primary N) is 1. The minimum Gasteiger partial charge on any atom is -0.474 e. The summed E-state index contributed by atoms with van der Waals surface area (Å²) in [6, 6.07) is 12.5. The molecule has 0 unspecified atom stereocenters. The molecule has 1 fully saturated rings. The van der Waals surface area contributed by atoms with Crippen LogP contribution in [-0.4, -0.2) is 21.3 Å². The van der Waals surface area contributed by atoms with Gasteiger partial charge in [0, 0.05) is 17.2 Å². The van der Waals surface area contributed by atoms with Crippen LogP contribution in [-0.2, 0) is 6.42 Å². The zero-order chi connectivity index (χ0) is 18.9. The number of nitrogens with zero attached hydrogens (tertiary/aromatic N) is 3. The molecule has 2 aliphatic carbocycles. The molecule has 1 saturated carbocycles. The predicted molar refractivity (Wildman–Crippen MR) is 112 cm³/mol. The third kappa shape index (κ3) is 3.40. The number of nitrogen functional groups attached to an aromatic ring is 1.